The van der Waals surface area contributed by atoms with Crippen molar-refractivity contribution in [2.75, 3.05) is 0 Å². The number of carbonyl (C=O) groups is 1. The van der Waals surface area contributed by atoms with Gasteiger partial charge in [-0.05, 0) is 19.1 Å². The summed E-state index contributed by atoms with van der Waals surface area (Å²) in [7, 11) is 0. The molecule has 6 heteroatoms. The molecule has 0 unspecified atom stereocenters. The normalized spacial score (nSPS) is 10.3. The molecule has 2 aromatic heterocycles. The van der Waals surface area contributed by atoms with Crippen LogP contribution >= 0.6 is 0 Å². The van der Waals surface area contributed by atoms with Gasteiger partial charge in [0.1, 0.15) is 12.4 Å². The molecule has 1 N–H and O–H groups in total. The summed E-state index contributed by atoms with van der Waals surface area (Å²) >= 11 is 0. The number of carboxylic acid groups (broad SMARTS) is 1. The zero-order valence-electron chi connectivity index (χ0n) is 9.91. The van der Waals surface area contributed by atoms with Crippen molar-refractivity contribution in [2.24, 2.45) is 0 Å². The van der Waals surface area contributed by atoms with Crippen LogP contribution in [-0.4, -0.2) is 25.6 Å². The number of hydrogen-bond acceptors (Lipinski definition) is 4. The molecule has 0 spiro atoms. The maximum atomic E-state index is 10.9. The van der Waals surface area contributed by atoms with Crippen molar-refractivity contribution in [2.45, 2.75) is 20.1 Å². The monoisotopic (exact) mass is 247 g/mol. The van der Waals surface area contributed by atoms with Crippen molar-refractivity contribution < 1.29 is 14.6 Å². The largest absolute Gasteiger partial charge is 0.483 e. The second-order valence-corrected chi connectivity index (χ2v) is 3.57. The molecule has 0 radical (unpaired) electrons. The van der Waals surface area contributed by atoms with E-state index >= 15 is 0 Å². The first-order chi connectivity index (χ1) is 8.72. The summed E-state index contributed by atoms with van der Waals surface area (Å²) in [6.07, 6.45) is 4.95. The van der Waals surface area contributed by atoms with Gasteiger partial charge in [0.05, 0.1) is 0 Å². The van der Waals surface area contributed by atoms with Gasteiger partial charge >= 0.3 is 5.97 Å². The van der Waals surface area contributed by atoms with E-state index in [1.807, 2.05) is 17.7 Å². The molecule has 94 valence electrons. The van der Waals surface area contributed by atoms with E-state index in [9.17, 15) is 4.79 Å². The average Bonchev–Trinajstić information content (AvgIpc) is 2.84. The van der Waals surface area contributed by atoms with Gasteiger partial charge in [-0.15, -0.1) is 0 Å². The van der Waals surface area contributed by atoms with Crippen LogP contribution in [0.2, 0.25) is 0 Å². The third-order valence-electron chi connectivity index (χ3n) is 2.47. The Morgan fingerprint density at radius 3 is 3.00 bits per heavy atom. The molecule has 0 amide bonds. The molecule has 0 bridgehead atoms. The first kappa shape index (κ1) is 12.1. The molecule has 0 aromatic carbocycles. The van der Waals surface area contributed by atoms with Crippen LogP contribution in [0.1, 0.15) is 23.2 Å². The van der Waals surface area contributed by atoms with Gasteiger partial charge in [-0.3, -0.25) is 0 Å². The zero-order chi connectivity index (χ0) is 13.0. The van der Waals surface area contributed by atoms with Crippen LogP contribution in [0.5, 0.6) is 5.75 Å². The summed E-state index contributed by atoms with van der Waals surface area (Å²) in [5.74, 6) is -0.113. The fraction of sp³-hybridized carbons (Fsp3) is 0.250. The van der Waals surface area contributed by atoms with Gasteiger partial charge in [-0.1, -0.05) is 0 Å². The van der Waals surface area contributed by atoms with Gasteiger partial charge in [-0.25, -0.2) is 14.8 Å². The summed E-state index contributed by atoms with van der Waals surface area (Å²) in [6, 6.07) is 3.21. The van der Waals surface area contributed by atoms with Crippen molar-refractivity contribution in [3.05, 3.63) is 42.2 Å². The molecule has 0 atom stereocenters. The molecule has 2 rings (SSSR count). The van der Waals surface area contributed by atoms with Crippen LogP contribution in [0.25, 0.3) is 0 Å². The van der Waals surface area contributed by atoms with Crippen LogP contribution in [-0.2, 0) is 13.2 Å². The molecule has 0 saturated heterocycles. The minimum atomic E-state index is -1.11. The van der Waals surface area contributed by atoms with Crippen LogP contribution in [0.4, 0.5) is 0 Å². The Morgan fingerprint density at radius 1 is 1.44 bits per heavy atom. The van der Waals surface area contributed by atoms with Gasteiger partial charge in [0.25, 0.3) is 0 Å². The Hall–Kier alpha value is -2.37. The Morgan fingerprint density at radius 2 is 2.28 bits per heavy atom. The molecule has 6 nitrogen and oxygen atoms in total. The molecule has 2 heterocycles. The Kier molecular flexibility index (Phi) is 3.57. The minimum Gasteiger partial charge on any atom is -0.483 e. The minimum absolute atomic E-state index is 0.0906. The van der Waals surface area contributed by atoms with E-state index in [-0.39, 0.29) is 18.1 Å². The number of carboxylic acids is 1. The van der Waals surface area contributed by atoms with E-state index < -0.39 is 5.97 Å². The van der Waals surface area contributed by atoms with E-state index in [0.29, 0.717) is 0 Å². The first-order valence-corrected chi connectivity index (χ1v) is 5.53. The second-order valence-electron chi connectivity index (χ2n) is 3.57. The predicted molar refractivity (Wildman–Crippen MR) is 63.4 cm³/mol. The summed E-state index contributed by atoms with van der Waals surface area (Å²) in [5.41, 5.74) is -0.0906. The van der Waals surface area contributed by atoms with E-state index in [0.717, 1.165) is 12.4 Å². The predicted octanol–water partition coefficient (Wildman–Crippen LogP) is 1.58. The lowest BCUT2D eigenvalue weighted by molar-refractivity contribution is 0.0684. The third-order valence-corrected chi connectivity index (χ3v) is 2.47. The molecule has 0 aliphatic rings. The van der Waals surface area contributed by atoms with Crippen LogP contribution in [0.15, 0.2) is 30.7 Å². The highest BCUT2D eigenvalue weighted by Crippen LogP contribution is 2.16. The quantitative estimate of drug-likeness (QED) is 0.867. The topological polar surface area (TPSA) is 77.2 Å². The van der Waals surface area contributed by atoms with E-state index in [1.165, 1.54) is 6.20 Å². The number of ether oxygens (including phenoxy) is 1. The third kappa shape index (κ3) is 2.48. The van der Waals surface area contributed by atoms with Crippen LogP contribution in [0, 0.1) is 0 Å². The number of aromatic nitrogens is 3. The molecule has 0 saturated carbocycles. The van der Waals surface area contributed by atoms with Gasteiger partial charge in [0, 0.05) is 25.1 Å². The number of aryl methyl sites for hydroxylation is 1. The fourth-order valence-corrected chi connectivity index (χ4v) is 1.58. The number of aromatic carboxylic acids is 1. The lowest BCUT2D eigenvalue weighted by Crippen LogP contribution is -2.09. The summed E-state index contributed by atoms with van der Waals surface area (Å²) in [4.78, 5) is 18.9. The Balaban J connectivity index is 2.13. The summed E-state index contributed by atoms with van der Waals surface area (Å²) in [6.45, 7) is 3.00. The zero-order valence-corrected chi connectivity index (χ0v) is 9.91. The Bertz CT molecular complexity index is 551. The lowest BCUT2D eigenvalue weighted by atomic mass is 10.3. The van der Waals surface area contributed by atoms with Gasteiger partial charge < -0.3 is 14.4 Å². The molecule has 0 aliphatic carbocycles. The fourth-order valence-electron chi connectivity index (χ4n) is 1.58. The molecule has 0 aliphatic heterocycles. The van der Waals surface area contributed by atoms with Crippen LogP contribution < -0.4 is 4.74 Å². The van der Waals surface area contributed by atoms with Gasteiger partial charge in [-0.2, -0.15) is 0 Å². The highest BCUT2D eigenvalue weighted by molar-refractivity contribution is 5.88. The highest BCUT2D eigenvalue weighted by atomic mass is 16.5. The summed E-state index contributed by atoms with van der Waals surface area (Å²) in [5, 5.41) is 8.96. The van der Waals surface area contributed by atoms with Crippen molar-refractivity contribution in [1.29, 1.82) is 0 Å². The van der Waals surface area contributed by atoms with Crippen molar-refractivity contribution >= 4 is 5.97 Å². The van der Waals surface area contributed by atoms with Crippen molar-refractivity contribution in [3.63, 3.8) is 0 Å². The smallest absolute Gasteiger partial charge is 0.358 e. The maximum absolute atomic E-state index is 10.9. The standard InChI is InChI=1S/C12H13N3O3/c1-2-15-7-6-13-10(15)8-18-9-4-3-5-14-11(9)12(16)17/h3-7H,2,8H2,1H3,(H,16,17). The van der Waals surface area contributed by atoms with Crippen molar-refractivity contribution in [1.82, 2.24) is 14.5 Å². The summed E-state index contributed by atoms with van der Waals surface area (Å²) < 4.78 is 7.39. The lowest BCUT2D eigenvalue weighted by Gasteiger charge is -2.08. The van der Waals surface area contributed by atoms with Gasteiger partial charge in [0.15, 0.2) is 11.4 Å². The first-order valence-electron chi connectivity index (χ1n) is 5.53. The van der Waals surface area contributed by atoms with Crippen molar-refractivity contribution in [3.8, 4) is 5.75 Å². The van der Waals surface area contributed by atoms with Gasteiger partial charge in [0.2, 0.25) is 0 Å². The SMILES string of the molecule is CCn1ccnc1COc1cccnc1C(=O)O. The average molecular weight is 247 g/mol. The molecule has 2 aromatic rings. The number of pyridine rings is 1. The number of rotatable bonds is 5. The highest BCUT2D eigenvalue weighted by Gasteiger charge is 2.13. The number of nitrogens with zero attached hydrogens (tertiary/aromatic N) is 3. The van der Waals surface area contributed by atoms with Crippen LogP contribution in [0.3, 0.4) is 0 Å². The molecule has 0 fully saturated rings. The van der Waals surface area contributed by atoms with E-state index in [4.69, 9.17) is 9.84 Å². The van der Waals surface area contributed by atoms with E-state index in [1.54, 1.807) is 18.3 Å². The number of imidazole rings is 1. The van der Waals surface area contributed by atoms with E-state index in [2.05, 4.69) is 9.97 Å². The molecular formula is C12H13N3O3. The molecule has 18 heavy (non-hydrogen) atoms. The number of hydrogen-bond donors (Lipinski definition) is 1. The molecular weight excluding hydrogens is 234 g/mol. The Labute approximate surface area is 104 Å². The maximum Gasteiger partial charge on any atom is 0.358 e. The second kappa shape index (κ2) is 5.31.